The highest BCUT2D eigenvalue weighted by Gasteiger charge is 2.29. The number of nitrogens with zero attached hydrogens (tertiary/aromatic N) is 1. The van der Waals surface area contributed by atoms with E-state index < -0.39 is 10.0 Å². The third kappa shape index (κ3) is 4.69. The van der Waals surface area contributed by atoms with Crippen molar-refractivity contribution in [1.29, 1.82) is 0 Å². The largest absolute Gasteiger partial charge is 0.377 e. The molecule has 0 aliphatic carbocycles. The molecule has 2 aliphatic heterocycles. The minimum Gasteiger partial charge on any atom is -0.377 e. The lowest BCUT2D eigenvalue weighted by Crippen LogP contribution is -2.44. The van der Waals surface area contributed by atoms with Gasteiger partial charge in [-0.1, -0.05) is 0 Å². The van der Waals surface area contributed by atoms with Gasteiger partial charge in [0, 0.05) is 19.7 Å². The fraction of sp³-hybridized carbons (Fsp3) is 1.00. The smallest absolute Gasteiger partial charge is 0.214 e. The van der Waals surface area contributed by atoms with Crippen LogP contribution in [0.5, 0.6) is 0 Å². The Labute approximate surface area is 123 Å². The van der Waals surface area contributed by atoms with Gasteiger partial charge < -0.3 is 10.1 Å². The minimum absolute atomic E-state index is 0.0856. The van der Waals surface area contributed by atoms with E-state index >= 15 is 0 Å². The van der Waals surface area contributed by atoms with E-state index in [1.807, 2.05) is 6.92 Å². The molecule has 2 rings (SSSR count). The second-order valence-electron chi connectivity index (χ2n) is 5.88. The van der Waals surface area contributed by atoms with E-state index in [4.69, 9.17) is 4.74 Å². The molecule has 0 amide bonds. The van der Waals surface area contributed by atoms with Gasteiger partial charge in [-0.15, -0.1) is 0 Å². The summed E-state index contributed by atoms with van der Waals surface area (Å²) >= 11 is 0. The molecule has 2 heterocycles. The van der Waals surface area contributed by atoms with Gasteiger partial charge in [-0.2, -0.15) is 4.31 Å². The maximum Gasteiger partial charge on any atom is 0.214 e. The number of nitrogens with one attached hydrogen (secondary N) is 1. The maximum atomic E-state index is 12.4. The van der Waals surface area contributed by atoms with Gasteiger partial charge >= 0.3 is 0 Å². The van der Waals surface area contributed by atoms with Crippen molar-refractivity contribution in [3.63, 3.8) is 0 Å². The first kappa shape index (κ1) is 16.2. The predicted molar refractivity (Wildman–Crippen MR) is 80.2 cm³/mol. The third-order valence-corrected chi connectivity index (χ3v) is 6.25. The highest BCUT2D eigenvalue weighted by atomic mass is 32.2. The average Bonchev–Trinajstić information content (AvgIpc) is 2.47. The Morgan fingerprint density at radius 2 is 2.00 bits per heavy atom. The molecule has 5 nitrogen and oxygen atoms in total. The van der Waals surface area contributed by atoms with E-state index in [0.717, 1.165) is 45.2 Å². The molecule has 1 atom stereocenters. The highest BCUT2D eigenvalue weighted by Crippen LogP contribution is 2.21. The fourth-order valence-electron chi connectivity index (χ4n) is 3.14. The summed E-state index contributed by atoms with van der Waals surface area (Å²) in [6.45, 7) is 5.89. The first-order valence-corrected chi connectivity index (χ1v) is 9.53. The van der Waals surface area contributed by atoms with Crippen LogP contribution >= 0.6 is 0 Å². The summed E-state index contributed by atoms with van der Waals surface area (Å²) in [7, 11) is -3.10. The van der Waals surface area contributed by atoms with Crippen molar-refractivity contribution in [2.24, 2.45) is 5.92 Å². The Morgan fingerprint density at radius 3 is 2.70 bits per heavy atom. The maximum absolute atomic E-state index is 12.4. The molecule has 20 heavy (non-hydrogen) atoms. The Bertz CT molecular complexity index is 378. The Kier molecular flexibility index (Phi) is 6.26. The van der Waals surface area contributed by atoms with Gasteiger partial charge in [0.1, 0.15) is 0 Å². The quantitative estimate of drug-likeness (QED) is 0.801. The van der Waals surface area contributed by atoms with Crippen LogP contribution in [-0.2, 0) is 14.8 Å². The van der Waals surface area contributed by atoms with Gasteiger partial charge in [0.25, 0.3) is 0 Å². The van der Waals surface area contributed by atoms with Gasteiger partial charge in [-0.3, -0.25) is 0 Å². The van der Waals surface area contributed by atoms with E-state index in [1.54, 1.807) is 4.31 Å². The van der Waals surface area contributed by atoms with Crippen molar-refractivity contribution in [1.82, 2.24) is 9.62 Å². The van der Waals surface area contributed by atoms with Crippen LogP contribution in [0, 0.1) is 5.92 Å². The molecule has 1 N–H and O–H groups in total. The summed E-state index contributed by atoms with van der Waals surface area (Å²) < 4.78 is 32.1. The van der Waals surface area contributed by atoms with Gasteiger partial charge in [-0.25, -0.2) is 8.42 Å². The zero-order valence-corrected chi connectivity index (χ0v) is 13.3. The van der Waals surface area contributed by atoms with Crippen LogP contribution in [0.3, 0.4) is 0 Å². The molecular formula is C14H28N2O3S. The molecule has 2 fully saturated rings. The second kappa shape index (κ2) is 7.73. The molecule has 1 unspecified atom stereocenters. The van der Waals surface area contributed by atoms with Crippen molar-refractivity contribution in [3.8, 4) is 0 Å². The van der Waals surface area contributed by atoms with Crippen LogP contribution in [0.2, 0.25) is 0 Å². The van der Waals surface area contributed by atoms with E-state index in [2.05, 4.69) is 5.32 Å². The number of ether oxygens (including phenoxy) is 1. The van der Waals surface area contributed by atoms with Gasteiger partial charge in [0.05, 0.1) is 11.9 Å². The van der Waals surface area contributed by atoms with E-state index in [0.29, 0.717) is 31.4 Å². The molecular weight excluding hydrogens is 276 g/mol. The number of rotatable bonds is 6. The Hall–Kier alpha value is -0.170. The summed E-state index contributed by atoms with van der Waals surface area (Å²) in [5.41, 5.74) is 0. The summed E-state index contributed by atoms with van der Waals surface area (Å²) in [5.74, 6) is 0.870. The summed E-state index contributed by atoms with van der Waals surface area (Å²) in [6, 6.07) is 0. The van der Waals surface area contributed by atoms with E-state index in [-0.39, 0.29) is 6.10 Å². The van der Waals surface area contributed by atoms with Crippen LogP contribution < -0.4 is 5.32 Å². The summed E-state index contributed by atoms with van der Waals surface area (Å²) in [5, 5.41) is 3.32. The van der Waals surface area contributed by atoms with Crippen molar-refractivity contribution >= 4 is 10.0 Å². The van der Waals surface area contributed by atoms with Crippen molar-refractivity contribution in [2.75, 3.05) is 38.5 Å². The minimum atomic E-state index is -3.10. The molecule has 0 aromatic carbocycles. The normalized spacial score (nSPS) is 26.8. The molecule has 0 aromatic rings. The highest BCUT2D eigenvalue weighted by molar-refractivity contribution is 7.89. The second-order valence-corrected chi connectivity index (χ2v) is 7.96. The van der Waals surface area contributed by atoms with Crippen LogP contribution in [0.15, 0.2) is 0 Å². The predicted octanol–water partition coefficient (Wildman–Crippen LogP) is 1.21. The number of hydrogen-bond donors (Lipinski definition) is 1. The lowest BCUT2D eigenvalue weighted by molar-refractivity contribution is 0.0265. The SMILES string of the molecule is CCOC1CCCN(S(=O)(=O)CCC2CCNCC2)C1. The number of piperidine rings is 2. The topological polar surface area (TPSA) is 58.6 Å². The standard InChI is InChI=1S/C14H28N2O3S/c1-2-19-14-4-3-10-16(12-14)20(17,18)11-7-13-5-8-15-9-6-13/h13-15H,2-12H2,1H3. The molecule has 2 aliphatic rings. The first-order chi connectivity index (χ1) is 9.62. The van der Waals surface area contributed by atoms with Crippen molar-refractivity contribution < 1.29 is 13.2 Å². The van der Waals surface area contributed by atoms with Gasteiger partial charge in [-0.05, 0) is 58.0 Å². The molecule has 0 spiro atoms. The van der Waals surface area contributed by atoms with E-state index in [9.17, 15) is 8.42 Å². The molecule has 0 saturated carbocycles. The van der Waals surface area contributed by atoms with Gasteiger partial charge in [0.2, 0.25) is 10.0 Å². The fourth-order valence-corrected chi connectivity index (χ4v) is 4.83. The Balaban J connectivity index is 1.82. The summed E-state index contributed by atoms with van der Waals surface area (Å²) in [4.78, 5) is 0. The summed E-state index contributed by atoms with van der Waals surface area (Å²) in [6.07, 6.45) is 5.00. The average molecular weight is 304 g/mol. The van der Waals surface area contributed by atoms with Gasteiger partial charge in [0.15, 0.2) is 0 Å². The van der Waals surface area contributed by atoms with Crippen molar-refractivity contribution in [3.05, 3.63) is 0 Å². The van der Waals surface area contributed by atoms with Crippen LogP contribution in [0.4, 0.5) is 0 Å². The zero-order chi connectivity index (χ0) is 14.4. The molecule has 0 radical (unpaired) electrons. The molecule has 2 saturated heterocycles. The van der Waals surface area contributed by atoms with Crippen LogP contribution in [0.25, 0.3) is 0 Å². The molecule has 0 aromatic heterocycles. The first-order valence-electron chi connectivity index (χ1n) is 7.92. The third-order valence-electron chi connectivity index (χ3n) is 4.38. The Morgan fingerprint density at radius 1 is 1.25 bits per heavy atom. The monoisotopic (exact) mass is 304 g/mol. The van der Waals surface area contributed by atoms with E-state index in [1.165, 1.54) is 0 Å². The lowest BCUT2D eigenvalue weighted by Gasteiger charge is -2.32. The number of hydrogen-bond acceptors (Lipinski definition) is 4. The van der Waals surface area contributed by atoms with Crippen molar-refractivity contribution in [2.45, 2.75) is 45.1 Å². The zero-order valence-electron chi connectivity index (χ0n) is 12.5. The molecule has 6 heteroatoms. The van der Waals surface area contributed by atoms with Crippen LogP contribution in [-0.4, -0.2) is 57.4 Å². The molecule has 118 valence electrons. The number of sulfonamides is 1. The van der Waals surface area contributed by atoms with Crippen LogP contribution in [0.1, 0.15) is 39.0 Å². The lowest BCUT2D eigenvalue weighted by atomic mass is 9.96. The molecule has 0 bridgehead atoms.